The molecule has 1 amide bonds. The first-order chi connectivity index (χ1) is 16.0. The van der Waals surface area contributed by atoms with Crippen molar-refractivity contribution >= 4 is 11.6 Å². The standard InChI is InChI=1S/C23H22FN5O4/c1-15-3-8-18(19(13-15)31-2)33-14-21(30)25-11-12-32-22-10-9-20-26-27-23(29(20)28-22)16-4-6-17(24)7-5-16/h3-10,13H,11-12,14H2,1-2H3,(H,25,30). The topological polar surface area (TPSA) is 99.9 Å². The molecule has 9 nitrogen and oxygen atoms in total. The first kappa shape index (κ1) is 22.0. The van der Waals surface area contributed by atoms with Crippen LogP contribution in [0.1, 0.15) is 5.56 Å². The molecule has 0 saturated heterocycles. The number of halogens is 1. The Morgan fingerprint density at radius 1 is 1.03 bits per heavy atom. The monoisotopic (exact) mass is 451 g/mol. The molecule has 0 fully saturated rings. The molecule has 0 bridgehead atoms. The lowest BCUT2D eigenvalue weighted by Gasteiger charge is -2.11. The Balaban J connectivity index is 1.29. The Hall–Kier alpha value is -4.21. The number of carbonyl (C=O) groups is 1. The molecule has 4 aromatic rings. The van der Waals surface area contributed by atoms with Gasteiger partial charge in [0.1, 0.15) is 12.4 Å². The van der Waals surface area contributed by atoms with Crippen molar-refractivity contribution in [2.24, 2.45) is 0 Å². The summed E-state index contributed by atoms with van der Waals surface area (Å²) >= 11 is 0. The average Bonchev–Trinajstić information content (AvgIpc) is 3.24. The number of nitrogens with zero attached hydrogens (tertiary/aromatic N) is 4. The second kappa shape index (κ2) is 9.94. The maximum Gasteiger partial charge on any atom is 0.258 e. The maximum absolute atomic E-state index is 13.2. The van der Waals surface area contributed by atoms with E-state index in [1.54, 1.807) is 37.4 Å². The molecular weight excluding hydrogens is 429 g/mol. The van der Waals surface area contributed by atoms with E-state index in [0.29, 0.717) is 34.4 Å². The largest absolute Gasteiger partial charge is 0.493 e. The number of benzene rings is 2. The van der Waals surface area contributed by atoms with E-state index in [4.69, 9.17) is 14.2 Å². The number of hydrogen-bond donors (Lipinski definition) is 1. The van der Waals surface area contributed by atoms with Crippen molar-refractivity contribution in [1.82, 2.24) is 25.1 Å². The normalized spacial score (nSPS) is 10.8. The fraction of sp³-hybridized carbons (Fsp3) is 0.217. The van der Waals surface area contributed by atoms with Crippen LogP contribution in [-0.2, 0) is 4.79 Å². The van der Waals surface area contributed by atoms with Gasteiger partial charge in [-0.15, -0.1) is 15.3 Å². The zero-order chi connectivity index (χ0) is 23.2. The number of carbonyl (C=O) groups excluding carboxylic acids is 1. The number of aryl methyl sites for hydroxylation is 1. The summed E-state index contributed by atoms with van der Waals surface area (Å²) in [6, 6.07) is 14.7. The molecule has 2 heterocycles. The van der Waals surface area contributed by atoms with Crippen LogP contribution in [-0.4, -0.2) is 52.6 Å². The number of fused-ring (bicyclic) bond motifs is 1. The van der Waals surface area contributed by atoms with Crippen LogP contribution in [0.4, 0.5) is 4.39 Å². The molecular formula is C23H22FN5O4. The predicted octanol–water partition coefficient (Wildman–Crippen LogP) is 2.82. The Labute approximate surface area is 189 Å². The summed E-state index contributed by atoms with van der Waals surface area (Å²) in [4.78, 5) is 12.1. The smallest absolute Gasteiger partial charge is 0.258 e. The molecule has 170 valence electrons. The van der Waals surface area contributed by atoms with Crippen LogP contribution in [0.5, 0.6) is 17.4 Å². The van der Waals surface area contributed by atoms with Gasteiger partial charge in [-0.3, -0.25) is 4.79 Å². The third-order valence-corrected chi connectivity index (χ3v) is 4.69. The van der Waals surface area contributed by atoms with Gasteiger partial charge in [0.25, 0.3) is 5.91 Å². The summed E-state index contributed by atoms with van der Waals surface area (Å²) in [7, 11) is 1.55. The minimum atomic E-state index is -0.338. The van der Waals surface area contributed by atoms with Crippen LogP contribution < -0.4 is 19.5 Å². The van der Waals surface area contributed by atoms with Crippen LogP contribution in [0.2, 0.25) is 0 Å². The average molecular weight is 451 g/mol. The van der Waals surface area contributed by atoms with E-state index in [9.17, 15) is 9.18 Å². The predicted molar refractivity (Wildman–Crippen MR) is 118 cm³/mol. The van der Waals surface area contributed by atoms with Gasteiger partial charge in [0.15, 0.2) is 29.6 Å². The lowest BCUT2D eigenvalue weighted by Crippen LogP contribution is -2.32. The van der Waals surface area contributed by atoms with Crippen molar-refractivity contribution < 1.29 is 23.4 Å². The lowest BCUT2D eigenvalue weighted by atomic mass is 10.2. The highest BCUT2D eigenvalue weighted by atomic mass is 19.1. The van der Waals surface area contributed by atoms with E-state index in [0.717, 1.165) is 5.56 Å². The van der Waals surface area contributed by atoms with E-state index < -0.39 is 0 Å². The fourth-order valence-electron chi connectivity index (χ4n) is 3.06. The second-order valence-corrected chi connectivity index (χ2v) is 7.11. The lowest BCUT2D eigenvalue weighted by molar-refractivity contribution is -0.123. The van der Waals surface area contributed by atoms with E-state index in [1.807, 2.05) is 19.1 Å². The van der Waals surface area contributed by atoms with Crippen LogP contribution in [0.15, 0.2) is 54.6 Å². The van der Waals surface area contributed by atoms with Crippen molar-refractivity contribution in [1.29, 1.82) is 0 Å². The Bertz CT molecular complexity index is 1260. The Morgan fingerprint density at radius 3 is 2.64 bits per heavy atom. The third-order valence-electron chi connectivity index (χ3n) is 4.69. The van der Waals surface area contributed by atoms with Crippen molar-refractivity contribution in [3.05, 3.63) is 66.0 Å². The van der Waals surface area contributed by atoms with E-state index in [-0.39, 0.29) is 31.5 Å². The van der Waals surface area contributed by atoms with Gasteiger partial charge in [-0.2, -0.15) is 4.52 Å². The molecule has 0 radical (unpaired) electrons. The van der Waals surface area contributed by atoms with Gasteiger partial charge in [-0.1, -0.05) is 6.07 Å². The van der Waals surface area contributed by atoms with E-state index >= 15 is 0 Å². The molecule has 10 heteroatoms. The van der Waals surface area contributed by atoms with Gasteiger partial charge < -0.3 is 19.5 Å². The maximum atomic E-state index is 13.2. The molecule has 0 atom stereocenters. The van der Waals surface area contributed by atoms with E-state index in [1.165, 1.54) is 16.6 Å². The molecule has 0 spiro atoms. The number of ether oxygens (including phenoxy) is 3. The molecule has 2 aromatic carbocycles. The highest BCUT2D eigenvalue weighted by Crippen LogP contribution is 2.27. The van der Waals surface area contributed by atoms with Crippen LogP contribution in [0.3, 0.4) is 0 Å². The second-order valence-electron chi connectivity index (χ2n) is 7.11. The first-order valence-corrected chi connectivity index (χ1v) is 10.2. The van der Waals surface area contributed by atoms with Gasteiger partial charge in [0.2, 0.25) is 5.88 Å². The quantitative estimate of drug-likeness (QED) is 0.391. The van der Waals surface area contributed by atoms with Crippen molar-refractivity contribution in [2.45, 2.75) is 6.92 Å². The molecule has 0 saturated carbocycles. The zero-order valence-electron chi connectivity index (χ0n) is 18.1. The number of aromatic nitrogens is 4. The molecule has 0 unspecified atom stereocenters. The number of nitrogens with one attached hydrogen (secondary N) is 1. The van der Waals surface area contributed by atoms with Gasteiger partial charge in [-0.25, -0.2) is 4.39 Å². The molecule has 2 aromatic heterocycles. The van der Waals surface area contributed by atoms with Gasteiger partial charge in [0, 0.05) is 11.6 Å². The first-order valence-electron chi connectivity index (χ1n) is 10.2. The Morgan fingerprint density at radius 2 is 1.85 bits per heavy atom. The summed E-state index contributed by atoms with van der Waals surface area (Å²) in [6.45, 7) is 2.26. The zero-order valence-corrected chi connectivity index (χ0v) is 18.1. The van der Waals surface area contributed by atoms with Crippen LogP contribution >= 0.6 is 0 Å². The number of amides is 1. The SMILES string of the molecule is COc1cc(C)ccc1OCC(=O)NCCOc1ccc2nnc(-c3ccc(F)cc3)n2n1. The Kier molecular flexibility index (Phi) is 6.63. The highest BCUT2D eigenvalue weighted by molar-refractivity contribution is 5.77. The number of hydrogen-bond acceptors (Lipinski definition) is 7. The van der Waals surface area contributed by atoms with Crippen molar-refractivity contribution in [3.8, 4) is 28.8 Å². The minimum Gasteiger partial charge on any atom is -0.493 e. The molecule has 0 aliphatic heterocycles. The number of methoxy groups -OCH3 is 1. The van der Waals surface area contributed by atoms with Crippen molar-refractivity contribution in [3.63, 3.8) is 0 Å². The molecule has 33 heavy (non-hydrogen) atoms. The molecule has 1 N–H and O–H groups in total. The van der Waals surface area contributed by atoms with Crippen LogP contribution in [0.25, 0.3) is 17.0 Å². The third kappa shape index (κ3) is 5.35. The van der Waals surface area contributed by atoms with E-state index in [2.05, 4.69) is 20.6 Å². The van der Waals surface area contributed by atoms with Gasteiger partial charge in [0.05, 0.1) is 13.7 Å². The van der Waals surface area contributed by atoms with Gasteiger partial charge in [-0.05, 0) is 55.0 Å². The molecule has 4 rings (SSSR count). The summed E-state index contributed by atoms with van der Waals surface area (Å²) < 4.78 is 31.1. The molecule has 0 aliphatic carbocycles. The van der Waals surface area contributed by atoms with Crippen molar-refractivity contribution in [2.75, 3.05) is 26.9 Å². The summed E-state index contributed by atoms with van der Waals surface area (Å²) in [5, 5.41) is 15.3. The molecule has 0 aliphatic rings. The number of rotatable bonds is 9. The van der Waals surface area contributed by atoms with Crippen LogP contribution in [0, 0.1) is 12.7 Å². The van der Waals surface area contributed by atoms with Gasteiger partial charge >= 0.3 is 0 Å². The minimum absolute atomic E-state index is 0.147. The summed E-state index contributed by atoms with van der Waals surface area (Å²) in [5.41, 5.74) is 2.23. The summed E-state index contributed by atoms with van der Waals surface area (Å²) in [6.07, 6.45) is 0. The fourth-order valence-corrected chi connectivity index (χ4v) is 3.06. The summed E-state index contributed by atoms with van der Waals surface area (Å²) in [5.74, 6) is 1.24. The highest BCUT2D eigenvalue weighted by Gasteiger charge is 2.11.